The molecule has 0 saturated carbocycles. The molecule has 1 aromatic rings. The number of nitrogens with one attached hydrogen (secondary N) is 1. The van der Waals surface area contributed by atoms with E-state index in [0.717, 1.165) is 25.3 Å². The minimum absolute atomic E-state index is 0.415. The first-order valence-corrected chi connectivity index (χ1v) is 8.50. The van der Waals surface area contributed by atoms with Crippen LogP contribution in [-0.4, -0.2) is 22.4 Å². The zero-order valence-corrected chi connectivity index (χ0v) is 15.2. The highest BCUT2D eigenvalue weighted by molar-refractivity contribution is 5.11. The van der Waals surface area contributed by atoms with Crippen LogP contribution >= 0.6 is 0 Å². The lowest BCUT2D eigenvalue weighted by Gasteiger charge is -2.27. The van der Waals surface area contributed by atoms with Crippen molar-refractivity contribution in [3.8, 4) is 0 Å². The molecular weight excluding hydrogens is 258 g/mol. The van der Waals surface area contributed by atoms with Crippen molar-refractivity contribution in [3.63, 3.8) is 0 Å². The van der Waals surface area contributed by atoms with Gasteiger partial charge in [0.2, 0.25) is 0 Å². The molecular formula is C18H35N3. The molecule has 1 rings (SSSR count). The second-order valence-electron chi connectivity index (χ2n) is 7.67. The van der Waals surface area contributed by atoms with E-state index < -0.39 is 0 Å². The van der Waals surface area contributed by atoms with E-state index in [9.17, 15) is 0 Å². The van der Waals surface area contributed by atoms with Crippen LogP contribution in [0.1, 0.15) is 65.8 Å². The zero-order chi connectivity index (χ0) is 16.0. The van der Waals surface area contributed by atoms with E-state index in [-0.39, 0.29) is 0 Å². The first kappa shape index (κ1) is 18.2. The lowest BCUT2D eigenvalue weighted by Crippen LogP contribution is -2.34. The zero-order valence-electron chi connectivity index (χ0n) is 15.2. The van der Waals surface area contributed by atoms with Gasteiger partial charge < -0.3 is 5.32 Å². The molecule has 122 valence electrons. The molecule has 1 N–H and O–H groups in total. The quantitative estimate of drug-likeness (QED) is 0.786. The van der Waals surface area contributed by atoms with E-state index in [1.165, 1.54) is 24.2 Å². The lowest BCUT2D eigenvalue weighted by molar-refractivity contribution is 0.274. The summed E-state index contributed by atoms with van der Waals surface area (Å²) in [6.45, 7) is 14.8. The van der Waals surface area contributed by atoms with Gasteiger partial charge in [0.1, 0.15) is 0 Å². The standard InChI is InChI=1S/C18H35N3/c1-8-15-11-17(21(7)20-15)12-16(19-9-2)10-14(3)13-18(4,5)6/h11,14,16,19H,8-10,12-13H2,1-7H3. The second kappa shape index (κ2) is 7.98. The van der Waals surface area contributed by atoms with Crippen molar-refractivity contribution in [2.45, 2.75) is 73.3 Å². The summed E-state index contributed by atoms with van der Waals surface area (Å²) in [6.07, 6.45) is 4.60. The molecule has 1 aromatic heterocycles. The Morgan fingerprint density at radius 2 is 1.95 bits per heavy atom. The summed E-state index contributed by atoms with van der Waals surface area (Å²) in [7, 11) is 2.07. The average molecular weight is 293 g/mol. The van der Waals surface area contributed by atoms with Crippen molar-refractivity contribution in [2.24, 2.45) is 18.4 Å². The highest BCUT2D eigenvalue weighted by atomic mass is 15.3. The van der Waals surface area contributed by atoms with Crippen LogP contribution in [-0.2, 0) is 19.9 Å². The Kier molecular flexibility index (Phi) is 6.92. The number of rotatable bonds is 8. The summed E-state index contributed by atoms with van der Waals surface area (Å²) >= 11 is 0. The number of likely N-dealkylation sites (N-methyl/N-ethyl adjacent to an activating group) is 1. The molecule has 21 heavy (non-hydrogen) atoms. The predicted octanol–water partition coefficient (Wildman–Crippen LogP) is 3.97. The van der Waals surface area contributed by atoms with E-state index in [4.69, 9.17) is 0 Å². The van der Waals surface area contributed by atoms with E-state index >= 15 is 0 Å². The maximum Gasteiger partial charge on any atom is 0.0624 e. The highest BCUT2D eigenvalue weighted by Gasteiger charge is 2.20. The number of hydrogen-bond acceptors (Lipinski definition) is 2. The Bertz CT molecular complexity index is 415. The van der Waals surface area contributed by atoms with Crippen molar-refractivity contribution >= 4 is 0 Å². The maximum absolute atomic E-state index is 4.57. The molecule has 0 fully saturated rings. The number of aryl methyl sites for hydroxylation is 2. The minimum Gasteiger partial charge on any atom is -0.314 e. The number of hydrogen-bond donors (Lipinski definition) is 1. The van der Waals surface area contributed by atoms with E-state index in [1.807, 2.05) is 0 Å². The third kappa shape index (κ3) is 6.64. The molecule has 3 nitrogen and oxygen atoms in total. The summed E-state index contributed by atoms with van der Waals surface area (Å²) in [5.74, 6) is 0.743. The predicted molar refractivity (Wildman–Crippen MR) is 91.6 cm³/mol. The lowest BCUT2D eigenvalue weighted by atomic mass is 9.82. The first-order valence-electron chi connectivity index (χ1n) is 8.50. The highest BCUT2D eigenvalue weighted by Crippen LogP contribution is 2.27. The van der Waals surface area contributed by atoms with E-state index in [2.05, 4.69) is 69.8 Å². The van der Waals surface area contributed by atoms with Crippen LogP contribution in [0.5, 0.6) is 0 Å². The average Bonchev–Trinajstić information content (AvgIpc) is 2.68. The summed E-state index contributed by atoms with van der Waals surface area (Å²) in [6, 6.07) is 2.81. The van der Waals surface area contributed by atoms with Crippen LogP contribution in [0, 0.1) is 11.3 Å². The molecule has 2 atom stereocenters. The summed E-state index contributed by atoms with van der Waals surface area (Å²) in [5, 5.41) is 8.23. The van der Waals surface area contributed by atoms with E-state index in [1.54, 1.807) is 0 Å². The minimum atomic E-state index is 0.415. The number of aromatic nitrogens is 2. The molecule has 0 aromatic carbocycles. The third-order valence-corrected chi connectivity index (χ3v) is 3.99. The van der Waals surface area contributed by atoms with Gasteiger partial charge in [0.25, 0.3) is 0 Å². The summed E-state index contributed by atoms with van der Waals surface area (Å²) < 4.78 is 2.05. The van der Waals surface area contributed by atoms with Gasteiger partial charge in [-0.3, -0.25) is 4.68 Å². The van der Waals surface area contributed by atoms with Crippen molar-refractivity contribution < 1.29 is 0 Å². The van der Waals surface area contributed by atoms with Gasteiger partial charge in [0.15, 0.2) is 0 Å². The van der Waals surface area contributed by atoms with E-state index in [0.29, 0.717) is 11.5 Å². The van der Waals surface area contributed by atoms with Gasteiger partial charge in [-0.05, 0) is 43.2 Å². The Labute approximate surface area is 131 Å². The van der Waals surface area contributed by atoms with Gasteiger partial charge in [0.05, 0.1) is 5.69 Å². The fourth-order valence-electron chi connectivity index (χ4n) is 3.33. The van der Waals surface area contributed by atoms with Crippen molar-refractivity contribution in [1.29, 1.82) is 0 Å². The Hall–Kier alpha value is -0.830. The molecule has 2 unspecified atom stereocenters. The topological polar surface area (TPSA) is 29.9 Å². The largest absolute Gasteiger partial charge is 0.314 e. The van der Waals surface area contributed by atoms with Crippen LogP contribution < -0.4 is 5.32 Å². The van der Waals surface area contributed by atoms with Crippen LogP contribution in [0.4, 0.5) is 0 Å². The molecule has 0 aliphatic carbocycles. The Morgan fingerprint density at radius 3 is 2.43 bits per heavy atom. The SMILES string of the molecule is CCNC(Cc1cc(CC)nn1C)CC(C)CC(C)(C)C. The third-order valence-electron chi connectivity index (χ3n) is 3.99. The fourth-order valence-corrected chi connectivity index (χ4v) is 3.33. The molecule has 0 spiro atoms. The van der Waals surface area contributed by atoms with Crippen LogP contribution in [0.2, 0.25) is 0 Å². The molecule has 0 radical (unpaired) electrons. The van der Waals surface area contributed by atoms with Crippen molar-refractivity contribution in [2.75, 3.05) is 6.54 Å². The molecule has 0 bridgehead atoms. The van der Waals surface area contributed by atoms with Gasteiger partial charge in [-0.25, -0.2) is 0 Å². The fraction of sp³-hybridized carbons (Fsp3) is 0.833. The van der Waals surface area contributed by atoms with Gasteiger partial charge in [-0.15, -0.1) is 0 Å². The maximum atomic E-state index is 4.57. The van der Waals surface area contributed by atoms with Gasteiger partial charge in [-0.2, -0.15) is 5.10 Å². The number of nitrogens with zero attached hydrogens (tertiary/aromatic N) is 2. The van der Waals surface area contributed by atoms with Gasteiger partial charge in [-0.1, -0.05) is 41.5 Å². The second-order valence-corrected chi connectivity index (χ2v) is 7.67. The molecule has 0 amide bonds. The van der Waals surface area contributed by atoms with Gasteiger partial charge >= 0.3 is 0 Å². The van der Waals surface area contributed by atoms with Crippen LogP contribution in [0.3, 0.4) is 0 Å². The van der Waals surface area contributed by atoms with Gasteiger partial charge in [0, 0.05) is 25.2 Å². The van der Waals surface area contributed by atoms with Crippen LogP contribution in [0.15, 0.2) is 6.07 Å². The van der Waals surface area contributed by atoms with Crippen molar-refractivity contribution in [3.05, 3.63) is 17.5 Å². The molecule has 1 heterocycles. The molecule has 0 aliphatic rings. The first-order chi connectivity index (χ1) is 9.75. The van der Waals surface area contributed by atoms with Crippen LogP contribution in [0.25, 0.3) is 0 Å². The smallest absolute Gasteiger partial charge is 0.0624 e. The molecule has 0 saturated heterocycles. The van der Waals surface area contributed by atoms with Crippen molar-refractivity contribution in [1.82, 2.24) is 15.1 Å². The Morgan fingerprint density at radius 1 is 1.29 bits per heavy atom. The Balaban J connectivity index is 2.66. The summed E-state index contributed by atoms with van der Waals surface area (Å²) in [5.41, 5.74) is 2.96. The summed E-state index contributed by atoms with van der Waals surface area (Å²) in [4.78, 5) is 0. The normalized spacial score (nSPS) is 15.2. The monoisotopic (exact) mass is 293 g/mol. The molecule has 3 heteroatoms. The molecule has 0 aliphatic heterocycles.